The van der Waals surface area contributed by atoms with Crippen LogP contribution in [-0.4, -0.2) is 17.5 Å². The fourth-order valence-electron chi connectivity index (χ4n) is 2.60. The van der Waals surface area contributed by atoms with Crippen molar-refractivity contribution in [2.24, 2.45) is 4.99 Å². The van der Waals surface area contributed by atoms with Gasteiger partial charge in [0.2, 0.25) is 0 Å². The second-order valence-electron chi connectivity index (χ2n) is 5.79. The Kier molecular flexibility index (Phi) is 8.69. The molecular weight excluding hydrogens is 431 g/mol. The van der Waals surface area contributed by atoms with E-state index in [9.17, 15) is 0 Å². The Hall–Kier alpha value is -1.15. The Balaban J connectivity index is 0.00000288. The lowest BCUT2D eigenvalue weighted by atomic mass is 10.00. The Morgan fingerprint density at radius 2 is 1.79 bits per heavy atom. The molecule has 1 aromatic heterocycles. The second-order valence-corrected chi connectivity index (χ2v) is 7.11. The number of nitrogens with zero attached hydrogens (tertiary/aromatic N) is 2. The molecule has 0 unspecified atom stereocenters. The largest absolute Gasteiger partial charge is 0.357 e. The normalized spacial score (nSPS) is 11.1. The lowest BCUT2D eigenvalue weighted by molar-refractivity contribution is 0.810. The molecule has 0 fully saturated rings. The number of aliphatic imine (C=N–C) groups is 1. The van der Waals surface area contributed by atoms with Crippen LogP contribution in [0, 0.1) is 27.7 Å². The van der Waals surface area contributed by atoms with E-state index in [0.29, 0.717) is 13.1 Å². The highest BCUT2D eigenvalue weighted by Gasteiger charge is 2.05. The number of thiazole rings is 1. The number of benzene rings is 1. The van der Waals surface area contributed by atoms with Crippen LogP contribution in [-0.2, 0) is 13.1 Å². The van der Waals surface area contributed by atoms with Crippen LogP contribution in [0.2, 0.25) is 0 Å². The number of nitrogens with one attached hydrogen (secondary N) is 2. The molecule has 24 heavy (non-hydrogen) atoms. The van der Waals surface area contributed by atoms with Crippen molar-refractivity contribution in [3.63, 3.8) is 0 Å². The number of rotatable bonds is 5. The molecule has 6 heteroatoms. The molecule has 0 saturated heterocycles. The zero-order valence-electron chi connectivity index (χ0n) is 15.1. The Labute approximate surface area is 166 Å². The van der Waals surface area contributed by atoms with Gasteiger partial charge >= 0.3 is 0 Å². The topological polar surface area (TPSA) is 49.3 Å². The van der Waals surface area contributed by atoms with Crippen molar-refractivity contribution in [3.05, 3.63) is 50.5 Å². The van der Waals surface area contributed by atoms with Gasteiger partial charge in [0.25, 0.3) is 0 Å². The highest BCUT2D eigenvalue weighted by molar-refractivity contribution is 14.0. The van der Waals surface area contributed by atoms with E-state index in [1.807, 2.05) is 6.20 Å². The van der Waals surface area contributed by atoms with Crippen LogP contribution in [0.15, 0.2) is 23.3 Å². The van der Waals surface area contributed by atoms with Crippen LogP contribution in [0.4, 0.5) is 0 Å². The Morgan fingerprint density at radius 3 is 2.33 bits per heavy atom. The van der Waals surface area contributed by atoms with Gasteiger partial charge in [-0.1, -0.05) is 17.7 Å². The first kappa shape index (κ1) is 20.9. The summed E-state index contributed by atoms with van der Waals surface area (Å²) in [5.74, 6) is 0.833. The van der Waals surface area contributed by atoms with Gasteiger partial charge in [0.15, 0.2) is 5.96 Å². The average Bonchev–Trinajstić information content (AvgIpc) is 2.89. The van der Waals surface area contributed by atoms with E-state index in [1.54, 1.807) is 11.3 Å². The minimum Gasteiger partial charge on any atom is -0.357 e. The number of halogens is 1. The van der Waals surface area contributed by atoms with Gasteiger partial charge in [-0.3, -0.25) is 0 Å². The van der Waals surface area contributed by atoms with Crippen LogP contribution in [0.1, 0.15) is 39.1 Å². The molecule has 132 valence electrons. The maximum atomic E-state index is 4.73. The summed E-state index contributed by atoms with van der Waals surface area (Å²) in [6.45, 7) is 12.8. The fourth-order valence-corrected chi connectivity index (χ4v) is 3.33. The molecule has 0 aliphatic rings. The lowest BCUT2D eigenvalue weighted by Crippen LogP contribution is -2.36. The van der Waals surface area contributed by atoms with Gasteiger partial charge in [-0.25, -0.2) is 9.98 Å². The van der Waals surface area contributed by atoms with Crippen molar-refractivity contribution < 1.29 is 0 Å². The molecule has 0 atom stereocenters. The van der Waals surface area contributed by atoms with Gasteiger partial charge in [-0.15, -0.1) is 35.3 Å². The molecule has 1 aromatic carbocycles. The first-order valence-corrected chi connectivity index (χ1v) is 8.81. The number of hydrogen-bond donors (Lipinski definition) is 2. The summed E-state index contributed by atoms with van der Waals surface area (Å²) < 4.78 is 0. The predicted molar refractivity (Wildman–Crippen MR) is 115 cm³/mol. The molecule has 1 heterocycles. The zero-order chi connectivity index (χ0) is 16.8. The predicted octanol–water partition coefficient (Wildman–Crippen LogP) is 4.25. The highest BCUT2D eigenvalue weighted by Crippen LogP contribution is 2.17. The van der Waals surface area contributed by atoms with E-state index >= 15 is 0 Å². The van der Waals surface area contributed by atoms with E-state index in [0.717, 1.165) is 17.5 Å². The van der Waals surface area contributed by atoms with Crippen molar-refractivity contribution >= 4 is 41.3 Å². The lowest BCUT2D eigenvalue weighted by Gasteiger charge is -2.12. The van der Waals surface area contributed by atoms with Gasteiger partial charge in [-0.05, 0) is 51.3 Å². The van der Waals surface area contributed by atoms with E-state index in [4.69, 9.17) is 4.99 Å². The smallest absolute Gasteiger partial charge is 0.191 e. The first-order valence-electron chi connectivity index (χ1n) is 7.99. The number of guanidine groups is 1. The van der Waals surface area contributed by atoms with Gasteiger partial charge in [0, 0.05) is 17.6 Å². The van der Waals surface area contributed by atoms with Crippen LogP contribution in [0.25, 0.3) is 0 Å². The van der Waals surface area contributed by atoms with Gasteiger partial charge in [0.05, 0.1) is 13.1 Å². The van der Waals surface area contributed by atoms with E-state index in [-0.39, 0.29) is 24.0 Å². The summed E-state index contributed by atoms with van der Waals surface area (Å²) in [5, 5.41) is 7.73. The average molecular weight is 458 g/mol. The minimum atomic E-state index is 0. The van der Waals surface area contributed by atoms with Gasteiger partial charge < -0.3 is 10.6 Å². The molecule has 0 bridgehead atoms. The molecule has 0 saturated carbocycles. The second kappa shape index (κ2) is 9.98. The maximum absolute atomic E-state index is 4.73. The van der Waals surface area contributed by atoms with Crippen molar-refractivity contribution in [2.75, 3.05) is 6.54 Å². The van der Waals surface area contributed by atoms with Crippen LogP contribution in [0.5, 0.6) is 0 Å². The van der Waals surface area contributed by atoms with Gasteiger partial charge in [-0.2, -0.15) is 0 Å². The molecule has 2 rings (SSSR count). The highest BCUT2D eigenvalue weighted by atomic mass is 127. The van der Waals surface area contributed by atoms with E-state index in [1.165, 1.54) is 27.1 Å². The summed E-state index contributed by atoms with van der Waals surface area (Å²) in [6.07, 6.45) is 1.91. The van der Waals surface area contributed by atoms with Crippen molar-refractivity contribution in [1.82, 2.24) is 15.6 Å². The number of aryl methyl sites for hydroxylation is 4. The third-order valence-corrected chi connectivity index (χ3v) is 4.57. The molecule has 0 radical (unpaired) electrons. The molecule has 0 amide bonds. The van der Waals surface area contributed by atoms with Crippen LogP contribution in [0.3, 0.4) is 0 Å². The zero-order valence-corrected chi connectivity index (χ0v) is 18.2. The van der Waals surface area contributed by atoms with Crippen LogP contribution >= 0.6 is 35.3 Å². The third kappa shape index (κ3) is 6.05. The summed E-state index contributed by atoms with van der Waals surface area (Å²) in [4.78, 5) is 10.3. The molecule has 0 aliphatic heterocycles. The summed E-state index contributed by atoms with van der Waals surface area (Å²) in [5.41, 5.74) is 5.21. The van der Waals surface area contributed by atoms with Crippen LogP contribution < -0.4 is 10.6 Å². The Morgan fingerprint density at radius 1 is 1.12 bits per heavy atom. The Bertz CT molecular complexity index is 671. The number of aromatic nitrogens is 1. The van der Waals surface area contributed by atoms with E-state index in [2.05, 4.69) is 62.4 Å². The van der Waals surface area contributed by atoms with E-state index < -0.39 is 0 Å². The first-order chi connectivity index (χ1) is 11.0. The standard InChI is InChI=1S/C18H26N4S.HI/c1-6-19-18(22-11-17-20-9-15(5)23-17)21-10-16-13(3)7-12(2)8-14(16)4;/h7-9H,6,10-11H2,1-5H3,(H2,19,21,22);1H. The summed E-state index contributed by atoms with van der Waals surface area (Å²) in [6, 6.07) is 4.44. The quantitative estimate of drug-likeness (QED) is 0.400. The molecule has 2 aromatic rings. The van der Waals surface area contributed by atoms with Crippen molar-refractivity contribution in [2.45, 2.75) is 47.7 Å². The third-order valence-electron chi connectivity index (χ3n) is 3.66. The SMILES string of the molecule is CCNC(=NCc1c(C)cc(C)cc1C)NCc1ncc(C)s1.I. The molecule has 0 aliphatic carbocycles. The number of hydrogen-bond acceptors (Lipinski definition) is 3. The van der Waals surface area contributed by atoms with Crippen molar-refractivity contribution in [1.29, 1.82) is 0 Å². The monoisotopic (exact) mass is 458 g/mol. The summed E-state index contributed by atoms with van der Waals surface area (Å²) >= 11 is 1.71. The summed E-state index contributed by atoms with van der Waals surface area (Å²) in [7, 11) is 0. The van der Waals surface area contributed by atoms with Crippen molar-refractivity contribution in [3.8, 4) is 0 Å². The minimum absolute atomic E-state index is 0. The molecule has 4 nitrogen and oxygen atoms in total. The molecular formula is C18H27IN4S. The molecule has 0 spiro atoms. The maximum Gasteiger partial charge on any atom is 0.191 e. The fraction of sp³-hybridized carbons (Fsp3) is 0.444. The van der Waals surface area contributed by atoms with Gasteiger partial charge in [0.1, 0.15) is 5.01 Å². The molecule has 2 N–H and O–H groups in total.